The first kappa shape index (κ1) is 20.7. The first-order valence-corrected chi connectivity index (χ1v) is 8.41. The van der Waals surface area contributed by atoms with Gasteiger partial charge < -0.3 is 19.5 Å². The quantitative estimate of drug-likeness (QED) is 0.721. The van der Waals surface area contributed by atoms with Crippen molar-refractivity contribution >= 4 is 23.2 Å². The molecule has 0 aliphatic carbocycles. The minimum Gasteiger partial charge on any atom is -0.487 e. The molecule has 0 fully saturated rings. The summed E-state index contributed by atoms with van der Waals surface area (Å²) in [6, 6.07) is 5.15. The van der Waals surface area contributed by atoms with Crippen LogP contribution in [0.25, 0.3) is 0 Å². The van der Waals surface area contributed by atoms with Crippen LogP contribution in [0, 0.1) is 5.92 Å². The molecule has 0 aromatic heterocycles. The lowest BCUT2D eigenvalue weighted by atomic mass is 9.93. The van der Waals surface area contributed by atoms with Gasteiger partial charge in [0, 0.05) is 19.9 Å². The molecule has 1 rings (SSSR count). The van der Waals surface area contributed by atoms with E-state index in [1.165, 1.54) is 0 Å². The van der Waals surface area contributed by atoms with Crippen molar-refractivity contribution in [2.45, 2.75) is 45.8 Å². The number of carbonyl (C=O) groups is 1. The Hall–Kier alpha value is -1.30. The Morgan fingerprint density at radius 3 is 2.46 bits per heavy atom. The minimum absolute atomic E-state index is 0.115. The molecule has 1 aromatic carbocycles. The van der Waals surface area contributed by atoms with Crippen LogP contribution in [0.1, 0.15) is 34.1 Å². The van der Waals surface area contributed by atoms with E-state index in [1.807, 2.05) is 6.92 Å². The maximum atomic E-state index is 12.5. The summed E-state index contributed by atoms with van der Waals surface area (Å²) in [5.41, 5.74) is -0.285. The van der Waals surface area contributed by atoms with E-state index in [2.05, 4.69) is 19.2 Å². The molecule has 136 valence electrons. The van der Waals surface area contributed by atoms with Gasteiger partial charge in [-0.05, 0) is 44.4 Å². The summed E-state index contributed by atoms with van der Waals surface area (Å²) in [7, 11) is 3.16. The fraction of sp³-hybridized carbons (Fsp3) is 0.611. The summed E-state index contributed by atoms with van der Waals surface area (Å²) in [6.45, 7) is 8.25. The third kappa shape index (κ3) is 5.96. The van der Waals surface area contributed by atoms with Gasteiger partial charge in [0.25, 0.3) is 5.91 Å². The number of nitrogens with one attached hydrogen (secondary N) is 1. The zero-order valence-electron chi connectivity index (χ0n) is 15.3. The molecule has 5 nitrogen and oxygen atoms in total. The number of hydrogen-bond acceptors (Lipinski definition) is 4. The Balaban J connectivity index is 2.81. The number of amides is 1. The molecule has 0 aliphatic rings. The van der Waals surface area contributed by atoms with Crippen molar-refractivity contribution in [2.75, 3.05) is 26.1 Å². The standard InChI is InChI=1S/C18H28ClNO4/c1-12(2)10-18(4,23-6)17(21)20-14-7-8-16(15(19)9-14)24-13(3)11-22-5/h7-9,12-13H,10-11H2,1-6H3,(H,20,21). The first-order valence-electron chi connectivity index (χ1n) is 8.03. The minimum atomic E-state index is -0.886. The van der Waals surface area contributed by atoms with Crippen LogP contribution in [-0.2, 0) is 14.3 Å². The molecular weight excluding hydrogens is 330 g/mol. The summed E-state index contributed by atoms with van der Waals surface area (Å²) in [6.07, 6.45) is 0.509. The van der Waals surface area contributed by atoms with Crippen molar-refractivity contribution in [3.05, 3.63) is 23.2 Å². The molecule has 2 unspecified atom stereocenters. The second-order valence-electron chi connectivity index (χ2n) is 6.52. The van der Waals surface area contributed by atoms with Gasteiger partial charge in [0.1, 0.15) is 17.5 Å². The van der Waals surface area contributed by atoms with Gasteiger partial charge in [-0.2, -0.15) is 0 Å². The van der Waals surface area contributed by atoms with Crippen molar-refractivity contribution in [3.8, 4) is 5.75 Å². The Kier molecular flexibility index (Phi) is 8.00. The van der Waals surface area contributed by atoms with E-state index in [4.69, 9.17) is 25.8 Å². The maximum Gasteiger partial charge on any atom is 0.256 e. The molecule has 0 saturated carbocycles. The molecule has 1 amide bonds. The number of carbonyl (C=O) groups excluding carboxylic acids is 1. The van der Waals surface area contributed by atoms with Gasteiger partial charge in [-0.1, -0.05) is 25.4 Å². The smallest absolute Gasteiger partial charge is 0.256 e. The molecule has 1 aromatic rings. The van der Waals surface area contributed by atoms with Crippen molar-refractivity contribution in [1.82, 2.24) is 0 Å². The fourth-order valence-corrected chi connectivity index (χ4v) is 2.70. The van der Waals surface area contributed by atoms with Crippen LogP contribution in [0.15, 0.2) is 18.2 Å². The van der Waals surface area contributed by atoms with Gasteiger partial charge >= 0.3 is 0 Å². The molecule has 0 aliphatic heterocycles. The van der Waals surface area contributed by atoms with Gasteiger partial charge in [0.05, 0.1) is 11.6 Å². The molecule has 0 spiro atoms. The zero-order chi connectivity index (χ0) is 18.3. The highest BCUT2D eigenvalue weighted by Crippen LogP contribution is 2.30. The average Bonchev–Trinajstić information content (AvgIpc) is 2.49. The predicted octanol–water partition coefficient (Wildman–Crippen LogP) is 4.14. The fourth-order valence-electron chi connectivity index (χ4n) is 2.47. The monoisotopic (exact) mass is 357 g/mol. The summed E-state index contributed by atoms with van der Waals surface area (Å²) in [5.74, 6) is 0.689. The van der Waals surface area contributed by atoms with Gasteiger partial charge in [0.15, 0.2) is 0 Å². The molecule has 6 heteroatoms. The number of rotatable bonds is 9. The van der Waals surface area contributed by atoms with E-state index >= 15 is 0 Å². The van der Waals surface area contributed by atoms with Crippen molar-refractivity contribution in [2.24, 2.45) is 5.92 Å². The zero-order valence-corrected chi connectivity index (χ0v) is 16.1. The summed E-state index contributed by atoms with van der Waals surface area (Å²) < 4.78 is 16.2. The summed E-state index contributed by atoms with van der Waals surface area (Å²) in [4.78, 5) is 12.5. The van der Waals surface area contributed by atoms with Crippen LogP contribution in [-0.4, -0.2) is 38.4 Å². The second-order valence-corrected chi connectivity index (χ2v) is 6.92. The first-order chi connectivity index (χ1) is 11.2. The van der Waals surface area contributed by atoms with Crippen LogP contribution < -0.4 is 10.1 Å². The van der Waals surface area contributed by atoms with Crippen LogP contribution >= 0.6 is 11.6 Å². The summed E-state index contributed by atoms with van der Waals surface area (Å²) >= 11 is 6.24. The molecule has 24 heavy (non-hydrogen) atoms. The third-order valence-electron chi connectivity index (χ3n) is 3.65. The van der Waals surface area contributed by atoms with Gasteiger partial charge in [-0.15, -0.1) is 0 Å². The molecule has 0 heterocycles. The number of methoxy groups -OCH3 is 2. The Labute approximate surface area is 149 Å². The largest absolute Gasteiger partial charge is 0.487 e. The lowest BCUT2D eigenvalue weighted by Crippen LogP contribution is -2.43. The molecule has 0 bridgehead atoms. The number of benzene rings is 1. The maximum absolute atomic E-state index is 12.5. The number of hydrogen-bond donors (Lipinski definition) is 1. The van der Waals surface area contributed by atoms with Gasteiger partial charge in [-0.25, -0.2) is 0 Å². The second kappa shape index (κ2) is 9.25. The molecule has 1 N–H and O–H groups in total. The predicted molar refractivity (Wildman–Crippen MR) is 96.9 cm³/mol. The number of anilines is 1. The van der Waals surface area contributed by atoms with Crippen molar-refractivity contribution < 1.29 is 19.0 Å². The third-order valence-corrected chi connectivity index (χ3v) is 3.94. The Bertz CT molecular complexity index is 550. The molecular formula is C18H28ClNO4. The van der Waals surface area contributed by atoms with E-state index in [0.717, 1.165) is 0 Å². The normalized spacial score (nSPS) is 15.0. The van der Waals surface area contributed by atoms with E-state index in [1.54, 1.807) is 39.3 Å². The van der Waals surface area contributed by atoms with Gasteiger partial charge in [-0.3, -0.25) is 4.79 Å². The molecule has 2 atom stereocenters. The van der Waals surface area contributed by atoms with Crippen LogP contribution in [0.4, 0.5) is 5.69 Å². The Morgan fingerprint density at radius 1 is 1.29 bits per heavy atom. The van der Waals surface area contributed by atoms with E-state index in [-0.39, 0.29) is 12.0 Å². The van der Waals surface area contributed by atoms with Crippen LogP contribution in [0.2, 0.25) is 5.02 Å². The van der Waals surface area contributed by atoms with E-state index in [0.29, 0.717) is 35.4 Å². The highest BCUT2D eigenvalue weighted by Gasteiger charge is 2.34. The van der Waals surface area contributed by atoms with E-state index < -0.39 is 5.60 Å². The average molecular weight is 358 g/mol. The highest BCUT2D eigenvalue weighted by atomic mass is 35.5. The van der Waals surface area contributed by atoms with E-state index in [9.17, 15) is 4.79 Å². The topological polar surface area (TPSA) is 56.8 Å². The SMILES string of the molecule is COCC(C)Oc1ccc(NC(=O)C(C)(CC(C)C)OC)cc1Cl. The Morgan fingerprint density at radius 2 is 1.96 bits per heavy atom. The highest BCUT2D eigenvalue weighted by molar-refractivity contribution is 6.32. The molecule has 0 saturated heterocycles. The lowest BCUT2D eigenvalue weighted by molar-refractivity contribution is -0.137. The number of halogens is 1. The lowest BCUT2D eigenvalue weighted by Gasteiger charge is -2.28. The van der Waals surface area contributed by atoms with Crippen molar-refractivity contribution in [1.29, 1.82) is 0 Å². The van der Waals surface area contributed by atoms with Crippen molar-refractivity contribution in [3.63, 3.8) is 0 Å². The summed E-state index contributed by atoms with van der Waals surface area (Å²) in [5, 5.41) is 3.29. The number of ether oxygens (including phenoxy) is 3. The molecule has 0 radical (unpaired) electrons. The van der Waals surface area contributed by atoms with Crippen LogP contribution in [0.3, 0.4) is 0 Å². The van der Waals surface area contributed by atoms with Gasteiger partial charge in [0.2, 0.25) is 0 Å². The van der Waals surface area contributed by atoms with Crippen LogP contribution in [0.5, 0.6) is 5.75 Å².